The SMILES string of the molecule is FC(F)(F)c1cnc(Nc2ccc(Cl)c(Cl)c2)nc1NCc1ccncc1. The minimum Gasteiger partial charge on any atom is -0.365 e. The summed E-state index contributed by atoms with van der Waals surface area (Å²) in [7, 11) is 0. The molecule has 0 spiro atoms. The maximum atomic E-state index is 13.2. The van der Waals surface area contributed by atoms with Crippen LogP contribution < -0.4 is 10.6 Å². The summed E-state index contributed by atoms with van der Waals surface area (Å²) < 4.78 is 39.7. The predicted octanol–water partition coefficient (Wildman–Crippen LogP) is 5.55. The average molecular weight is 414 g/mol. The zero-order valence-electron chi connectivity index (χ0n) is 13.6. The fourth-order valence-electron chi connectivity index (χ4n) is 2.17. The van der Waals surface area contributed by atoms with Gasteiger partial charge in [0.2, 0.25) is 5.95 Å². The first-order valence-corrected chi connectivity index (χ1v) is 8.37. The van der Waals surface area contributed by atoms with Crippen LogP contribution in [0.2, 0.25) is 10.0 Å². The molecular formula is C17H12Cl2F3N5. The third-order valence-electron chi connectivity index (χ3n) is 3.48. The molecule has 2 N–H and O–H groups in total. The van der Waals surface area contributed by atoms with Gasteiger partial charge in [-0.25, -0.2) is 4.98 Å². The van der Waals surface area contributed by atoms with Gasteiger partial charge in [0, 0.05) is 30.8 Å². The second-order valence-electron chi connectivity index (χ2n) is 5.42. The smallest absolute Gasteiger partial charge is 0.365 e. The number of anilines is 3. The topological polar surface area (TPSA) is 62.7 Å². The van der Waals surface area contributed by atoms with Crippen LogP contribution in [0.4, 0.5) is 30.6 Å². The highest BCUT2D eigenvalue weighted by molar-refractivity contribution is 6.42. The highest BCUT2D eigenvalue weighted by Crippen LogP contribution is 2.34. The molecule has 10 heteroatoms. The third kappa shape index (κ3) is 4.99. The Morgan fingerprint density at radius 3 is 2.41 bits per heavy atom. The van der Waals surface area contributed by atoms with Gasteiger partial charge >= 0.3 is 6.18 Å². The van der Waals surface area contributed by atoms with Crippen molar-refractivity contribution in [3.63, 3.8) is 0 Å². The first-order chi connectivity index (χ1) is 12.8. The lowest BCUT2D eigenvalue weighted by Crippen LogP contribution is -2.14. The van der Waals surface area contributed by atoms with Crippen molar-refractivity contribution in [3.8, 4) is 0 Å². The highest BCUT2D eigenvalue weighted by atomic mass is 35.5. The summed E-state index contributed by atoms with van der Waals surface area (Å²) in [5, 5.41) is 6.16. The summed E-state index contributed by atoms with van der Waals surface area (Å²) >= 11 is 11.8. The fraction of sp³-hybridized carbons (Fsp3) is 0.118. The summed E-state index contributed by atoms with van der Waals surface area (Å²) in [5.74, 6) is -0.351. The molecule has 0 aliphatic rings. The van der Waals surface area contributed by atoms with E-state index in [1.807, 2.05) is 0 Å². The second kappa shape index (κ2) is 7.98. The van der Waals surface area contributed by atoms with Crippen molar-refractivity contribution in [2.24, 2.45) is 0 Å². The summed E-state index contributed by atoms with van der Waals surface area (Å²) in [6, 6.07) is 8.07. The molecule has 2 heterocycles. The van der Waals surface area contributed by atoms with Gasteiger partial charge in [-0.15, -0.1) is 0 Å². The van der Waals surface area contributed by atoms with Gasteiger partial charge in [0.05, 0.1) is 10.0 Å². The largest absolute Gasteiger partial charge is 0.421 e. The van der Waals surface area contributed by atoms with Crippen LogP contribution in [0.1, 0.15) is 11.1 Å². The van der Waals surface area contributed by atoms with Crippen molar-refractivity contribution in [2.75, 3.05) is 10.6 Å². The van der Waals surface area contributed by atoms with Crippen LogP contribution in [-0.4, -0.2) is 15.0 Å². The molecule has 0 radical (unpaired) electrons. The van der Waals surface area contributed by atoms with E-state index < -0.39 is 11.7 Å². The molecule has 2 aromatic heterocycles. The Labute approximate surface area is 162 Å². The lowest BCUT2D eigenvalue weighted by Gasteiger charge is -2.15. The molecule has 27 heavy (non-hydrogen) atoms. The van der Waals surface area contributed by atoms with Gasteiger partial charge in [-0.3, -0.25) is 4.98 Å². The Bertz CT molecular complexity index is 936. The zero-order valence-corrected chi connectivity index (χ0v) is 15.1. The molecule has 0 aliphatic carbocycles. The van der Waals surface area contributed by atoms with E-state index >= 15 is 0 Å². The quantitative estimate of drug-likeness (QED) is 0.573. The number of hydrogen-bond acceptors (Lipinski definition) is 5. The molecule has 0 amide bonds. The van der Waals surface area contributed by atoms with Crippen LogP contribution in [0.5, 0.6) is 0 Å². The first-order valence-electron chi connectivity index (χ1n) is 7.62. The standard InChI is InChI=1S/C17H12Cl2F3N5/c18-13-2-1-11(7-14(13)19)26-16-25-9-12(17(20,21)22)15(27-16)24-8-10-3-5-23-6-4-10/h1-7,9H,8H2,(H2,24,25,26,27). The van der Waals surface area contributed by atoms with Gasteiger partial charge in [0.1, 0.15) is 11.4 Å². The number of pyridine rings is 1. The Morgan fingerprint density at radius 2 is 1.74 bits per heavy atom. The summed E-state index contributed by atoms with van der Waals surface area (Å²) in [4.78, 5) is 11.6. The molecule has 0 atom stereocenters. The molecule has 0 aliphatic heterocycles. The maximum Gasteiger partial charge on any atom is 0.421 e. The summed E-state index contributed by atoms with van der Waals surface area (Å²) in [5.41, 5.74) is 0.288. The van der Waals surface area contributed by atoms with Gasteiger partial charge in [0.25, 0.3) is 0 Å². The molecular weight excluding hydrogens is 402 g/mol. The minimum absolute atomic E-state index is 0.0152. The second-order valence-corrected chi connectivity index (χ2v) is 6.23. The van der Waals surface area contributed by atoms with E-state index in [-0.39, 0.29) is 18.3 Å². The van der Waals surface area contributed by atoms with E-state index in [0.29, 0.717) is 15.7 Å². The Balaban J connectivity index is 1.86. The van der Waals surface area contributed by atoms with Gasteiger partial charge in [-0.05, 0) is 35.9 Å². The Hall–Kier alpha value is -2.58. The fourth-order valence-corrected chi connectivity index (χ4v) is 2.47. The van der Waals surface area contributed by atoms with Gasteiger partial charge in [0.15, 0.2) is 0 Å². The molecule has 3 aromatic rings. The van der Waals surface area contributed by atoms with Crippen LogP contribution in [-0.2, 0) is 12.7 Å². The van der Waals surface area contributed by atoms with Crippen LogP contribution in [0.25, 0.3) is 0 Å². The lowest BCUT2D eigenvalue weighted by atomic mass is 10.2. The average Bonchev–Trinajstić information content (AvgIpc) is 2.63. The summed E-state index contributed by atoms with van der Waals surface area (Å²) in [6.45, 7) is 0.148. The Kier molecular flexibility index (Phi) is 5.67. The van der Waals surface area contributed by atoms with E-state index in [1.54, 1.807) is 36.7 Å². The molecule has 0 saturated carbocycles. The first kappa shape index (κ1) is 19.2. The molecule has 140 valence electrons. The van der Waals surface area contributed by atoms with Crippen molar-refractivity contribution >= 4 is 40.7 Å². The van der Waals surface area contributed by atoms with Crippen LogP contribution in [0, 0.1) is 0 Å². The van der Waals surface area contributed by atoms with E-state index in [9.17, 15) is 13.2 Å². The van der Waals surface area contributed by atoms with Gasteiger partial charge in [-0.1, -0.05) is 23.2 Å². The van der Waals surface area contributed by atoms with Crippen molar-refractivity contribution in [1.29, 1.82) is 0 Å². The van der Waals surface area contributed by atoms with Crippen molar-refractivity contribution in [3.05, 3.63) is 70.1 Å². The van der Waals surface area contributed by atoms with E-state index in [2.05, 4.69) is 25.6 Å². The highest BCUT2D eigenvalue weighted by Gasteiger charge is 2.35. The number of rotatable bonds is 5. The molecule has 0 fully saturated rings. The number of halogens is 5. The van der Waals surface area contributed by atoms with Crippen molar-refractivity contribution < 1.29 is 13.2 Å². The van der Waals surface area contributed by atoms with Crippen LogP contribution in [0.3, 0.4) is 0 Å². The maximum absolute atomic E-state index is 13.2. The number of alkyl halides is 3. The molecule has 3 rings (SSSR count). The molecule has 5 nitrogen and oxygen atoms in total. The molecule has 0 bridgehead atoms. The van der Waals surface area contributed by atoms with E-state index in [1.165, 1.54) is 6.07 Å². The van der Waals surface area contributed by atoms with Gasteiger partial charge < -0.3 is 10.6 Å². The normalized spacial score (nSPS) is 11.3. The van der Waals surface area contributed by atoms with E-state index in [4.69, 9.17) is 23.2 Å². The number of nitrogens with one attached hydrogen (secondary N) is 2. The van der Waals surface area contributed by atoms with E-state index in [0.717, 1.165) is 11.8 Å². The van der Waals surface area contributed by atoms with Gasteiger partial charge in [-0.2, -0.15) is 18.2 Å². The number of nitrogens with zero attached hydrogens (tertiary/aromatic N) is 3. The zero-order chi connectivity index (χ0) is 19.4. The third-order valence-corrected chi connectivity index (χ3v) is 4.22. The number of hydrogen-bond donors (Lipinski definition) is 2. The lowest BCUT2D eigenvalue weighted by molar-refractivity contribution is -0.137. The van der Waals surface area contributed by atoms with Crippen LogP contribution in [0.15, 0.2) is 48.9 Å². The minimum atomic E-state index is -4.59. The Morgan fingerprint density at radius 1 is 1.00 bits per heavy atom. The number of benzene rings is 1. The monoisotopic (exact) mass is 413 g/mol. The van der Waals surface area contributed by atoms with Crippen molar-refractivity contribution in [1.82, 2.24) is 15.0 Å². The number of aromatic nitrogens is 3. The predicted molar refractivity (Wildman–Crippen MR) is 98.3 cm³/mol. The molecule has 0 saturated heterocycles. The molecule has 1 aromatic carbocycles. The molecule has 0 unspecified atom stereocenters. The van der Waals surface area contributed by atoms with Crippen LogP contribution >= 0.6 is 23.2 Å². The van der Waals surface area contributed by atoms with Crippen molar-refractivity contribution in [2.45, 2.75) is 12.7 Å². The summed E-state index contributed by atoms with van der Waals surface area (Å²) in [6.07, 6.45) is -0.762.